The molecule has 2 aromatic heterocycles. The van der Waals surface area contributed by atoms with Crippen LogP contribution >= 0.6 is 11.3 Å². The van der Waals surface area contributed by atoms with Crippen molar-refractivity contribution in [2.24, 2.45) is 0 Å². The number of anilines is 1. The van der Waals surface area contributed by atoms with E-state index in [9.17, 15) is 0 Å². The molecule has 0 aliphatic carbocycles. The molecule has 1 saturated heterocycles. The number of likely N-dealkylation sites (tertiary alicyclic amines) is 1. The summed E-state index contributed by atoms with van der Waals surface area (Å²) in [6.07, 6.45) is 4.48. The number of fused-ring (bicyclic) bond motifs is 1. The minimum atomic E-state index is 0.198. The van der Waals surface area contributed by atoms with Gasteiger partial charge in [0.15, 0.2) is 0 Å². The largest absolute Gasteiger partial charge is 0.497 e. The van der Waals surface area contributed by atoms with Crippen LogP contribution in [0.15, 0.2) is 41.9 Å². The van der Waals surface area contributed by atoms with Crippen molar-refractivity contribution in [2.45, 2.75) is 18.4 Å². The molecule has 1 aliphatic rings. The molecule has 0 saturated carbocycles. The van der Waals surface area contributed by atoms with Crippen LogP contribution in [0.3, 0.4) is 0 Å². The van der Waals surface area contributed by atoms with Crippen molar-refractivity contribution in [2.75, 3.05) is 59.3 Å². The average molecular weight is 413 g/mol. The molecular weight excluding hydrogens is 380 g/mol. The summed E-state index contributed by atoms with van der Waals surface area (Å²) in [6.45, 7) is 4.39. The number of hydrogen-bond acceptors (Lipinski definition) is 5. The number of piperidine rings is 1. The Bertz CT molecular complexity index is 926. The Balaban J connectivity index is 1.38. The summed E-state index contributed by atoms with van der Waals surface area (Å²) < 4.78 is 5.41. The Morgan fingerprint density at radius 1 is 1.17 bits per heavy atom. The van der Waals surface area contributed by atoms with E-state index in [2.05, 4.69) is 76.7 Å². The minimum Gasteiger partial charge on any atom is -0.497 e. The third-order valence-electron chi connectivity index (χ3n) is 6.55. The summed E-state index contributed by atoms with van der Waals surface area (Å²) in [7, 11) is 8.36. The van der Waals surface area contributed by atoms with Gasteiger partial charge in [-0.25, -0.2) is 0 Å². The molecule has 4 rings (SSSR count). The van der Waals surface area contributed by atoms with E-state index < -0.39 is 0 Å². The van der Waals surface area contributed by atoms with Crippen molar-refractivity contribution in [1.82, 2.24) is 14.8 Å². The van der Waals surface area contributed by atoms with Gasteiger partial charge in [0.1, 0.15) is 5.75 Å². The summed E-state index contributed by atoms with van der Waals surface area (Å²) in [4.78, 5) is 12.3. The van der Waals surface area contributed by atoms with Gasteiger partial charge < -0.3 is 19.5 Å². The van der Waals surface area contributed by atoms with Crippen LogP contribution in [-0.4, -0.2) is 69.2 Å². The lowest BCUT2D eigenvalue weighted by Gasteiger charge is -2.46. The van der Waals surface area contributed by atoms with Crippen LogP contribution in [0.5, 0.6) is 5.75 Å². The van der Waals surface area contributed by atoms with Crippen molar-refractivity contribution >= 4 is 27.9 Å². The first kappa shape index (κ1) is 20.3. The number of nitrogens with one attached hydrogen (secondary N) is 1. The predicted molar refractivity (Wildman–Crippen MR) is 123 cm³/mol. The molecule has 0 unspecified atom stereocenters. The molecular formula is C23H32N4OS. The van der Waals surface area contributed by atoms with Gasteiger partial charge >= 0.3 is 0 Å². The van der Waals surface area contributed by atoms with Gasteiger partial charge in [-0.05, 0) is 56.6 Å². The van der Waals surface area contributed by atoms with Crippen LogP contribution in [0, 0.1) is 0 Å². The van der Waals surface area contributed by atoms with Crippen molar-refractivity contribution < 1.29 is 4.74 Å². The fraction of sp³-hybridized carbons (Fsp3) is 0.478. The predicted octanol–water partition coefficient (Wildman–Crippen LogP) is 4.23. The smallest absolute Gasteiger partial charge is 0.119 e. The van der Waals surface area contributed by atoms with E-state index in [1.54, 1.807) is 7.11 Å². The van der Waals surface area contributed by atoms with Gasteiger partial charge in [0.05, 0.1) is 18.3 Å². The molecule has 29 heavy (non-hydrogen) atoms. The van der Waals surface area contributed by atoms with E-state index in [1.807, 2.05) is 17.4 Å². The quantitative estimate of drug-likeness (QED) is 0.630. The maximum atomic E-state index is 5.41. The second-order valence-electron chi connectivity index (χ2n) is 8.25. The molecule has 0 atom stereocenters. The monoisotopic (exact) mass is 412 g/mol. The standard InChI is InChI=1S/C23H32N4OS/c1-25(2)23(22-6-5-15-29-22)9-11-27(12-10-23)14-13-26(3)21-17-24-20-8-7-18(28-4)16-19(20)21/h5-8,15-17,24H,9-14H2,1-4H3. The maximum absolute atomic E-state index is 5.41. The number of aromatic amines is 1. The molecule has 1 fully saturated rings. The Morgan fingerprint density at radius 3 is 2.62 bits per heavy atom. The molecule has 6 heteroatoms. The van der Waals surface area contributed by atoms with E-state index in [1.165, 1.54) is 28.8 Å². The third kappa shape index (κ3) is 3.89. The number of ether oxygens (including phenoxy) is 1. The van der Waals surface area contributed by atoms with E-state index >= 15 is 0 Å². The first-order chi connectivity index (χ1) is 14.0. The van der Waals surface area contributed by atoms with E-state index in [0.29, 0.717) is 0 Å². The fourth-order valence-electron chi connectivity index (χ4n) is 4.54. The lowest BCUT2D eigenvalue weighted by molar-refractivity contribution is 0.0580. The Kier molecular flexibility index (Phi) is 5.86. The number of aromatic nitrogens is 1. The SMILES string of the molecule is COc1ccc2[nH]cc(N(C)CCN3CCC(c4cccs4)(N(C)C)CC3)c2c1. The molecule has 0 radical (unpaired) electrons. The summed E-state index contributed by atoms with van der Waals surface area (Å²) in [6, 6.07) is 10.7. The third-order valence-corrected chi connectivity index (χ3v) is 7.61. The highest BCUT2D eigenvalue weighted by atomic mass is 32.1. The highest BCUT2D eigenvalue weighted by Crippen LogP contribution is 2.39. The van der Waals surface area contributed by atoms with E-state index in [4.69, 9.17) is 4.74 Å². The van der Waals surface area contributed by atoms with Gasteiger partial charge in [-0.15, -0.1) is 11.3 Å². The Hall–Kier alpha value is -2.02. The number of benzene rings is 1. The van der Waals surface area contributed by atoms with Crippen LogP contribution in [-0.2, 0) is 5.54 Å². The zero-order chi connectivity index (χ0) is 20.4. The van der Waals surface area contributed by atoms with Crippen LogP contribution in [0.1, 0.15) is 17.7 Å². The molecule has 0 amide bonds. The van der Waals surface area contributed by atoms with Gasteiger partial charge in [-0.1, -0.05) is 6.07 Å². The number of nitrogens with zero attached hydrogens (tertiary/aromatic N) is 3. The molecule has 1 aromatic carbocycles. The Labute approximate surface area is 177 Å². The second kappa shape index (κ2) is 8.38. The first-order valence-corrected chi connectivity index (χ1v) is 11.2. The highest BCUT2D eigenvalue weighted by Gasteiger charge is 2.38. The van der Waals surface area contributed by atoms with Crippen LogP contribution in [0.25, 0.3) is 10.9 Å². The van der Waals surface area contributed by atoms with Crippen LogP contribution < -0.4 is 9.64 Å². The lowest BCUT2D eigenvalue weighted by atomic mass is 9.84. The van der Waals surface area contributed by atoms with Crippen molar-refractivity contribution in [3.05, 3.63) is 46.8 Å². The maximum Gasteiger partial charge on any atom is 0.119 e. The molecule has 3 heterocycles. The summed E-state index contributed by atoms with van der Waals surface area (Å²) in [5.41, 5.74) is 2.58. The number of methoxy groups -OCH3 is 1. The number of likely N-dealkylation sites (N-methyl/N-ethyl adjacent to an activating group) is 1. The van der Waals surface area contributed by atoms with Gasteiger partial charge in [-0.2, -0.15) is 0 Å². The molecule has 5 nitrogen and oxygen atoms in total. The molecule has 3 aromatic rings. The van der Waals surface area contributed by atoms with E-state index in [0.717, 1.165) is 37.4 Å². The Morgan fingerprint density at radius 2 is 1.97 bits per heavy atom. The van der Waals surface area contributed by atoms with Gasteiger partial charge in [0.2, 0.25) is 0 Å². The lowest BCUT2D eigenvalue weighted by Crippen LogP contribution is -2.51. The zero-order valence-electron chi connectivity index (χ0n) is 17.9. The number of hydrogen-bond donors (Lipinski definition) is 1. The average Bonchev–Trinajstić information content (AvgIpc) is 3.42. The van der Waals surface area contributed by atoms with Crippen LogP contribution in [0.4, 0.5) is 5.69 Å². The number of thiophene rings is 1. The molecule has 156 valence electrons. The number of rotatable bonds is 7. The summed E-state index contributed by atoms with van der Waals surface area (Å²) in [5, 5.41) is 3.42. The fourth-order valence-corrected chi connectivity index (χ4v) is 5.61. The van der Waals surface area contributed by atoms with Crippen molar-refractivity contribution in [3.63, 3.8) is 0 Å². The van der Waals surface area contributed by atoms with Crippen LogP contribution in [0.2, 0.25) is 0 Å². The van der Waals surface area contributed by atoms with Gasteiger partial charge in [0, 0.05) is 55.2 Å². The molecule has 1 N–H and O–H groups in total. The topological polar surface area (TPSA) is 34.7 Å². The van der Waals surface area contributed by atoms with E-state index in [-0.39, 0.29) is 5.54 Å². The van der Waals surface area contributed by atoms with Crippen molar-refractivity contribution in [3.8, 4) is 5.75 Å². The zero-order valence-corrected chi connectivity index (χ0v) is 18.8. The normalized spacial score (nSPS) is 17.1. The van der Waals surface area contributed by atoms with Gasteiger partial charge in [-0.3, -0.25) is 4.90 Å². The minimum absolute atomic E-state index is 0.198. The molecule has 0 spiro atoms. The second-order valence-corrected chi connectivity index (χ2v) is 9.20. The van der Waals surface area contributed by atoms with Gasteiger partial charge in [0.25, 0.3) is 0 Å². The first-order valence-electron chi connectivity index (χ1n) is 10.3. The number of H-pyrrole nitrogens is 1. The molecule has 0 bridgehead atoms. The summed E-state index contributed by atoms with van der Waals surface area (Å²) >= 11 is 1.90. The van der Waals surface area contributed by atoms with Crippen molar-refractivity contribution in [1.29, 1.82) is 0 Å². The molecule has 1 aliphatic heterocycles. The highest BCUT2D eigenvalue weighted by molar-refractivity contribution is 7.10. The summed E-state index contributed by atoms with van der Waals surface area (Å²) in [5.74, 6) is 0.899.